The smallest absolute Gasteiger partial charge is 0.143 e. The Morgan fingerprint density at radius 2 is 1.82 bits per heavy atom. The summed E-state index contributed by atoms with van der Waals surface area (Å²) in [7, 11) is 0. The van der Waals surface area contributed by atoms with E-state index in [1.165, 1.54) is 0 Å². The van der Waals surface area contributed by atoms with Gasteiger partial charge in [0, 0.05) is 13.2 Å². The number of rotatable bonds is 7. The average molecular weight is 162 g/mol. The van der Waals surface area contributed by atoms with E-state index < -0.39 is 0 Å². The molecule has 0 radical (unpaired) electrons. The largest absolute Gasteiger partial charge is 0.381 e. The van der Waals surface area contributed by atoms with Gasteiger partial charge in [-0.15, -0.1) is 0 Å². The highest BCUT2D eigenvalue weighted by Gasteiger charge is 1.92. The summed E-state index contributed by atoms with van der Waals surface area (Å²) in [5.74, 6) is 0.591. The van der Waals surface area contributed by atoms with E-state index in [0.29, 0.717) is 12.5 Å². The van der Waals surface area contributed by atoms with Crippen LogP contribution >= 0.6 is 0 Å². The van der Waals surface area contributed by atoms with Crippen molar-refractivity contribution in [3.63, 3.8) is 0 Å². The topological polar surface area (TPSA) is 38.7 Å². The monoisotopic (exact) mass is 162 g/mol. The van der Waals surface area contributed by atoms with E-state index in [2.05, 4.69) is 13.8 Å². The fraction of sp³-hybridized carbons (Fsp3) is 1.00. The number of hydrogen-bond donors (Lipinski definition) is 1. The average Bonchev–Trinajstić information content (AvgIpc) is 1.96. The summed E-state index contributed by atoms with van der Waals surface area (Å²) in [6.45, 7) is 6.14. The molecule has 0 aliphatic carbocycles. The fourth-order valence-electron chi connectivity index (χ4n) is 0.647. The molecule has 3 heteroatoms. The zero-order valence-corrected chi connectivity index (χ0v) is 7.38. The third-order valence-corrected chi connectivity index (χ3v) is 1.12. The van der Waals surface area contributed by atoms with E-state index in [9.17, 15) is 0 Å². The lowest BCUT2D eigenvalue weighted by Crippen LogP contribution is -2.05. The Morgan fingerprint density at radius 1 is 1.18 bits per heavy atom. The zero-order valence-electron chi connectivity index (χ0n) is 7.38. The van der Waals surface area contributed by atoms with Crippen LogP contribution in [0, 0.1) is 5.92 Å². The first kappa shape index (κ1) is 10.9. The van der Waals surface area contributed by atoms with Crippen molar-refractivity contribution in [2.24, 2.45) is 5.92 Å². The van der Waals surface area contributed by atoms with Crippen LogP contribution in [0.5, 0.6) is 0 Å². The maximum Gasteiger partial charge on any atom is 0.143 e. The van der Waals surface area contributed by atoms with Gasteiger partial charge in [-0.05, 0) is 12.3 Å². The molecule has 1 N–H and O–H groups in total. The van der Waals surface area contributed by atoms with E-state index in [1.807, 2.05) is 0 Å². The Labute approximate surface area is 68.3 Å². The molecule has 0 bridgehead atoms. The number of ether oxygens (including phenoxy) is 2. The Hall–Kier alpha value is -0.120. The highest BCUT2D eigenvalue weighted by molar-refractivity contribution is 4.40. The second-order valence-electron chi connectivity index (χ2n) is 2.86. The summed E-state index contributed by atoms with van der Waals surface area (Å²) in [6, 6.07) is 0. The second kappa shape index (κ2) is 7.98. The zero-order chi connectivity index (χ0) is 8.53. The molecule has 0 aromatic rings. The molecular weight excluding hydrogens is 144 g/mol. The molecule has 0 spiro atoms. The first-order valence-corrected chi connectivity index (χ1v) is 4.03. The maximum atomic E-state index is 8.25. The summed E-state index contributed by atoms with van der Waals surface area (Å²) >= 11 is 0. The molecule has 0 amide bonds. The van der Waals surface area contributed by atoms with Gasteiger partial charge in [-0.25, -0.2) is 0 Å². The molecule has 0 aromatic carbocycles. The highest BCUT2D eigenvalue weighted by Crippen LogP contribution is 1.93. The van der Waals surface area contributed by atoms with E-state index in [4.69, 9.17) is 14.6 Å². The normalized spacial score (nSPS) is 10.9. The third-order valence-electron chi connectivity index (χ3n) is 1.12. The molecule has 68 valence electrons. The summed E-state index contributed by atoms with van der Waals surface area (Å²) in [5.41, 5.74) is 0. The van der Waals surface area contributed by atoms with Gasteiger partial charge in [0.1, 0.15) is 6.79 Å². The van der Waals surface area contributed by atoms with Crippen molar-refractivity contribution in [2.75, 3.05) is 26.6 Å². The molecule has 3 nitrogen and oxygen atoms in total. The summed E-state index contributed by atoms with van der Waals surface area (Å²) in [5, 5.41) is 8.25. The predicted octanol–water partition coefficient (Wildman–Crippen LogP) is 1.02. The van der Waals surface area contributed by atoms with Crippen LogP contribution in [0.2, 0.25) is 0 Å². The number of aliphatic hydroxyl groups is 1. The van der Waals surface area contributed by atoms with Crippen LogP contribution in [0.4, 0.5) is 0 Å². The van der Waals surface area contributed by atoms with E-state index in [-0.39, 0.29) is 6.79 Å². The van der Waals surface area contributed by atoms with Crippen molar-refractivity contribution >= 4 is 0 Å². The van der Waals surface area contributed by atoms with Crippen molar-refractivity contribution in [3.8, 4) is 0 Å². The minimum absolute atomic E-state index is 0.190. The van der Waals surface area contributed by atoms with Crippen LogP contribution in [-0.4, -0.2) is 31.7 Å². The molecule has 0 rings (SSSR count). The van der Waals surface area contributed by atoms with Crippen molar-refractivity contribution in [3.05, 3.63) is 0 Å². The van der Waals surface area contributed by atoms with Crippen molar-refractivity contribution in [1.82, 2.24) is 0 Å². The number of aliphatic hydroxyl groups excluding tert-OH is 1. The Bertz CT molecular complexity index is 73.7. The van der Waals surface area contributed by atoms with E-state index in [1.54, 1.807) is 0 Å². The maximum absolute atomic E-state index is 8.25. The Balaban J connectivity index is 2.80. The quantitative estimate of drug-likeness (QED) is 0.448. The Kier molecular flexibility index (Phi) is 7.89. The molecule has 0 unspecified atom stereocenters. The lowest BCUT2D eigenvalue weighted by atomic mass is 10.2. The third kappa shape index (κ3) is 9.88. The van der Waals surface area contributed by atoms with Crippen LogP contribution in [0.3, 0.4) is 0 Å². The molecule has 0 heterocycles. The molecule has 0 fully saturated rings. The summed E-state index contributed by atoms with van der Waals surface area (Å²) < 4.78 is 10.00. The van der Waals surface area contributed by atoms with Crippen LogP contribution in [0.25, 0.3) is 0 Å². The number of hydrogen-bond acceptors (Lipinski definition) is 3. The van der Waals surface area contributed by atoms with Gasteiger partial charge < -0.3 is 14.6 Å². The fourth-order valence-corrected chi connectivity index (χ4v) is 0.647. The molecule has 0 saturated carbocycles. The first-order valence-electron chi connectivity index (χ1n) is 4.03. The van der Waals surface area contributed by atoms with Crippen molar-refractivity contribution in [2.45, 2.75) is 20.3 Å². The van der Waals surface area contributed by atoms with Gasteiger partial charge in [0.25, 0.3) is 0 Å². The van der Waals surface area contributed by atoms with Crippen LogP contribution in [-0.2, 0) is 9.47 Å². The minimum Gasteiger partial charge on any atom is -0.381 e. The molecular formula is C8H18O3. The summed E-state index contributed by atoms with van der Waals surface area (Å²) in [6.07, 6.45) is 0.854. The highest BCUT2D eigenvalue weighted by atomic mass is 16.6. The minimum atomic E-state index is -0.190. The van der Waals surface area contributed by atoms with Crippen molar-refractivity contribution in [1.29, 1.82) is 0 Å². The predicted molar refractivity (Wildman–Crippen MR) is 43.3 cm³/mol. The van der Waals surface area contributed by atoms with Crippen LogP contribution in [0.1, 0.15) is 20.3 Å². The molecule has 0 aliphatic rings. The van der Waals surface area contributed by atoms with Gasteiger partial charge in [-0.1, -0.05) is 13.8 Å². The lowest BCUT2D eigenvalue weighted by molar-refractivity contribution is -0.0119. The van der Waals surface area contributed by atoms with Crippen LogP contribution in [0.15, 0.2) is 0 Å². The molecule has 0 aliphatic heterocycles. The summed E-state index contributed by atoms with van der Waals surface area (Å²) in [4.78, 5) is 0. The van der Waals surface area contributed by atoms with Gasteiger partial charge in [0.05, 0.1) is 6.61 Å². The van der Waals surface area contributed by atoms with Crippen molar-refractivity contribution < 1.29 is 14.6 Å². The van der Waals surface area contributed by atoms with Gasteiger partial charge in [0.15, 0.2) is 0 Å². The van der Waals surface area contributed by atoms with E-state index in [0.717, 1.165) is 19.6 Å². The molecule has 0 aromatic heterocycles. The SMILES string of the molecule is CC(C)COCCCOCO. The van der Waals surface area contributed by atoms with E-state index >= 15 is 0 Å². The lowest BCUT2D eigenvalue weighted by Gasteiger charge is -2.05. The van der Waals surface area contributed by atoms with Gasteiger partial charge >= 0.3 is 0 Å². The van der Waals surface area contributed by atoms with Gasteiger partial charge in [-0.2, -0.15) is 0 Å². The molecule has 11 heavy (non-hydrogen) atoms. The second-order valence-corrected chi connectivity index (χ2v) is 2.86. The van der Waals surface area contributed by atoms with Gasteiger partial charge in [-0.3, -0.25) is 0 Å². The molecule has 0 saturated heterocycles. The standard InChI is InChI=1S/C8H18O3/c1-8(2)6-10-4-3-5-11-7-9/h8-9H,3-7H2,1-2H3. The van der Waals surface area contributed by atoms with Crippen LogP contribution < -0.4 is 0 Å². The Morgan fingerprint density at radius 3 is 2.36 bits per heavy atom. The first-order chi connectivity index (χ1) is 5.27. The van der Waals surface area contributed by atoms with Gasteiger partial charge in [0.2, 0.25) is 0 Å². The molecule has 0 atom stereocenters.